The number of aliphatic hydroxyl groups is 2. The van der Waals surface area contributed by atoms with Crippen LogP contribution in [0.2, 0.25) is 0 Å². The molecule has 4 aliphatic rings. The summed E-state index contributed by atoms with van der Waals surface area (Å²) in [7, 11) is 0. The van der Waals surface area contributed by atoms with Crippen molar-refractivity contribution in [2.45, 2.75) is 117 Å². The Morgan fingerprint density at radius 3 is 2.55 bits per heavy atom. The van der Waals surface area contributed by atoms with Gasteiger partial charge in [-0.1, -0.05) is 65.5 Å². The van der Waals surface area contributed by atoms with Crippen LogP contribution in [-0.2, 0) is 4.74 Å². The van der Waals surface area contributed by atoms with Gasteiger partial charge in [-0.05, 0) is 97.7 Å². The van der Waals surface area contributed by atoms with Crippen LogP contribution in [0.1, 0.15) is 105 Å². The van der Waals surface area contributed by atoms with Crippen molar-refractivity contribution in [1.29, 1.82) is 0 Å². The highest BCUT2D eigenvalue weighted by Crippen LogP contribution is 2.67. The van der Waals surface area contributed by atoms with Crippen LogP contribution in [0.3, 0.4) is 0 Å². The molecule has 0 amide bonds. The molecule has 4 aliphatic carbocycles. The second kappa shape index (κ2) is 10.3. The summed E-state index contributed by atoms with van der Waals surface area (Å²) in [6.07, 6.45) is 16.7. The topological polar surface area (TPSA) is 49.7 Å². The summed E-state index contributed by atoms with van der Waals surface area (Å²) < 4.78 is 5.99. The molecule has 0 radical (unpaired) electrons. The van der Waals surface area contributed by atoms with E-state index < -0.39 is 6.10 Å². The Kier molecular flexibility index (Phi) is 8.03. The van der Waals surface area contributed by atoms with Crippen molar-refractivity contribution in [3.05, 3.63) is 11.6 Å². The number of rotatable bonds is 9. The quantitative estimate of drug-likeness (QED) is 0.373. The van der Waals surface area contributed by atoms with Crippen LogP contribution in [0, 0.1) is 46.3 Å². The molecule has 190 valence electrons. The standard InChI is InChI=1S/C30H52O3/c1-20(2)7-6-8-21(3)26-11-12-27-25-10-9-22-17-24(33-19-23(32)18-31)13-15-29(22,4)28(25)14-16-30(26,27)5/h9,20-21,23-28,31-32H,6-8,10-19H2,1-5H3/t21-,23?,24?,25+,26-,27+,28+,29+,30-/m1/s1. The van der Waals surface area contributed by atoms with Crippen LogP contribution >= 0.6 is 0 Å². The van der Waals surface area contributed by atoms with E-state index in [9.17, 15) is 5.11 Å². The highest BCUT2D eigenvalue weighted by Gasteiger charge is 2.59. The van der Waals surface area contributed by atoms with Gasteiger partial charge in [-0.15, -0.1) is 0 Å². The predicted molar refractivity (Wildman–Crippen MR) is 136 cm³/mol. The molecular formula is C30H52O3. The lowest BCUT2D eigenvalue weighted by atomic mass is 9.47. The van der Waals surface area contributed by atoms with E-state index in [1.54, 1.807) is 5.57 Å². The summed E-state index contributed by atoms with van der Waals surface area (Å²) in [5, 5.41) is 18.8. The molecule has 0 spiro atoms. The van der Waals surface area contributed by atoms with Gasteiger partial charge in [0.05, 0.1) is 19.3 Å². The first-order chi connectivity index (χ1) is 15.7. The number of fused-ring (bicyclic) bond motifs is 5. The van der Waals surface area contributed by atoms with Gasteiger partial charge in [-0.25, -0.2) is 0 Å². The molecule has 33 heavy (non-hydrogen) atoms. The van der Waals surface area contributed by atoms with Crippen LogP contribution in [0.5, 0.6) is 0 Å². The summed E-state index contributed by atoms with van der Waals surface area (Å²) >= 11 is 0. The Bertz CT molecular complexity index is 686. The molecule has 3 fully saturated rings. The first-order valence-electron chi connectivity index (χ1n) is 14.3. The maximum Gasteiger partial charge on any atom is 0.100 e. The van der Waals surface area contributed by atoms with Crippen LogP contribution < -0.4 is 0 Å². The second-order valence-corrected chi connectivity index (χ2v) is 13.3. The van der Waals surface area contributed by atoms with E-state index in [0.29, 0.717) is 10.8 Å². The predicted octanol–water partition coefficient (Wildman–Crippen LogP) is 6.77. The van der Waals surface area contributed by atoms with Crippen LogP contribution in [0.25, 0.3) is 0 Å². The molecule has 3 nitrogen and oxygen atoms in total. The average Bonchev–Trinajstić information content (AvgIpc) is 3.14. The van der Waals surface area contributed by atoms with Crippen molar-refractivity contribution < 1.29 is 14.9 Å². The molecule has 4 rings (SSSR count). The zero-order chi connectivity index (χ0) is 23.8. The van der Waals surface area contributed by atoms with E-state index >= 15 is 0 Å². The fourth-order valence-corrected chi connectivity index (χ4v) is 9.09. The molecule has 0 bridgehead atoms. The Morgan fingerprint density at radius 2 is 1.82 bits per heavy atom. The van der Waals surface area contributed by atoms with Gasteiger partial charge in [-0.3, -0.25) is 0 Å². The summed E-state index contributed by atoms with van der Waals surface area (Å²) in [6.45, 7) is 12.6. The van der Waals surface area contributed by atoms with E-state index in [0.717, 1.165) is 48.3 Å². The van der Waals surface area contributed by atoms with E-state index in [2.05, 4.69) is 40.7 Å². The fourth-order valence-electron chi connectivity index (χ4n) is 9.09. The van der Waals surface area contributed by atoms with Crippen LogP contribution in [0.4, 0.5) is 0 Å². The lowest BCUT2D eigenvalue weighted by Gasteiger charge is -2.58. The summed E-state index contributed by atoms with van der Waals surface area (Å²) in [4.78, 5) is 0. The Hall–Kier alpha value is -0.380. The highest BCUT2D eigenvalue weighted by molar-refractivity contribution is 5.25. The van der Waals surface area contributed by atoms with E-state index in [4.69, 9.17) is 9.84 Å². The smallest absolute Gasteiger partial charge is 0.100 e. The third-order valence-corrected chi connectivity index (χ3v) is 11.0. The fraction of sp³-hybridized carbons (Fsp3) is 0.933. The van der Waals surface area contributed by atoms with E-state index in [1.165, 1.54) is 57.8 Å². The van der Waals surface area contributed by atoms with Gasteiger partial charge in [-0.2, -0.15) is 0 Å². The maximum atomic E-state index is 9.68. The van der Waals surface area contributed by atoms with Gasteiger partial charge in [0, 0.05) is 0 Å². The van der Waals surface area contributed by atoms with Crippen LogP contribution in [0.15, 0.2) is 11.6 Å². The number of hydrogen-bond donors (Lipinski definition) is 2. The van der Waals surface area contributed by atoms with Crippen molar-refractivity contribution in [1.82, 2.24) is 0 Å². The normalized spacial score (nSPS) is 42.3. The lowest BCUT2D eigenvalue weighted by Crippen LogP contribution is -2.51. The van der Waals surface area contributed by atoms with Gasteiger partial charge in [0.2, 0.25) is 0 Å². The summed E-state index contributed by atoms with van der Waals surface area (Å²) in [5.41, 5.74) is 2.54. The third-order valence-electron chi connectivity index (χ3n) is 11.0. The summed E-state index contributed by atoms with van der Waals surface area (Å²) in [5.74, 6) is 5.27. The minimum absolute atomic E-state index is 0.207. The van der Waals surface area contributed by atoms with Crippen molar-refractivity contribution in [2.24, 2.45) is 46.3 Å². The number of aliphatic hydroxyl groups excluding tert-OH is 2. The Labute approximate surface area is 203 Å². The zero-order valence-electron chi connectivity index (χ0n) is 22.2. The molecule has 3 heteroatoms. The highest BCUT2D eigenvalue weighted by atomic mass is 16.5. The zero-order valence-corrected chi connectivity index (χ0v) is 22.2. The molecule has 0 aromatic heterocycles. The minimum Gasteiger partial charge on any atom is -0.394 e. The van der Waals surface area contributed by atoms with Gasteiger partial charge in [0.25, 0.3) is 0 Å². The van der Waals surface area contributed by atoms with Crippen molar-refractivity contribution in [2.75, 3.05) is 13.2 Å². The second-order valence-electron chi connectivity index (χ2n) is 13.3. The monoisotopic (exact) mass is 460 g/mol. The molecule has 0 saturated heterocycles. The maximum absolute atomic E-state index is 9.68. The SMILES string of the molecule is CC(C)CCC[C@@H](C)[C@H]1CC[C@H]2[C@@H]3CC=C4CC(OCC(O)CO)CC[C@]4(C)[C@H]3CC[C@]12C. The first kappa shape index (κ1) is 25.7. The van der Waals surface area contributed by atoms with E-state index in [1.807, 2.05) is 0 Å². The number of allylic oxidation sites excluding steroid dienone is 1. The van der Waals surface area contributed by atoms with Crippen LogP contribution in [-0.4, -0.2) is 35.6 Å². The van der Waals surface area contributed by atoms with Crippen molar-refractivity contribution >= 4 is 0 Å². The average molecular weight is 461 g/mol. The molecule has 0 heterocycles. The van der Waals surface area contributed by atoms with Gasteiger partial charge in [0.1, 0.15) is 6.10 Å². The van der Waals surface area contributed by atoms with E-state index in [-0.39, 0.29) is 19.3 Å². The molecule has 0 aromatic carbocycles. The molecule has 0 aliphatic heterocycles. The molecule has 9 atom stereocenters. The number of ether oxygens (including phenoxy) is 1. The summed E-state index contributed by atoms with van der Waals surface area (Å²) in [6, 6.07) is 0. The molecule has 2 N–H and O–H groups in total. The molecule has 2 unspecified atom stereocenters. The first-order valence-corrected chi connectivity index (χ1v) is 14.3. The van der Waals surface area contributed by atoms with Gasteiger partial charge in [0.15, 0.2) is 0 Å². The van der Waals surface area contributed by atoms with Crippen molar-refractivity contribution in [3.63, 3.8) is 0 Å². The number of hydrogen-bond acceptors (Lipinski definition) is 3. The minimum atomic E-state index is -0.748. The lowest BCUT2D eigenvalue weighted by molar-refractivity contribution is -0.0746. The molecule has 3 saturated carbocycles. The molecule has 0 aromatic rings. The van der Waals surface area contributed by atoms with Crippen molar-refractivity contribution in [3.8, 4) is 0 Å². The molecular weight excluding hydrogens is 408 g/mol. The Balaban J connectivity index is 1.42. The third kappa shape index (κ3) is 4.98. The largest absolute Gasteiger partial charge is 0.394 e. The van der Waals surface area contributed by atoms with Gasteiger partial charge >= 0.3 is 0 Å². The Morgan fingerprint density at radius 1 is 1.03 bits per heavy atom. The van der Waals surface area contributed by atoms with Gasteiger partial charge < -0.3 is 14.9 Å².